The van der Waals surface area contributed by atoms with Gasteiger partial charge < -0.3 is 9.84 Å². The molecule has 41 heavy (non-hydrogen) atoms. The summed E-state index contributed by atoms with van der Waals surface area (Å²) in [5.74, 6) is -0.154. The first-order valence-electron chi connectivity index (χ1n) is 12.8. The van der Waals surface area contributed by atoms with E-state index in [9.17, 15) is 13.2 Å². The lowest BCUT2D eigenvalue weighted by atomic mass is 9.87. The van der Waals surface area contributed by atoms with Gasteiger partial charge in [0.05, 0.1) is 16.6 Å². The molecule has 0 saturated heterocycles. The predicted octanol–water partition coefficient (Wildman–Crippen LogP) is 6.62. The van der Waals surface area contributed by atoms with Gasteiger partial charge in [-0.2, -0.15) is 5.10 Å². The van der Waals surface area contributed by atoms with E-state index in [1.165, 1.54) is 18.3 Å². The lowest BCUT2D eigenvalue weighted by Crippen LogP contribution is -1.98. The second kappa shape index (κ2) is 11.6. The minimum absolute atomic E-state index is 0.124. The Morgan fingerprint density at radius 2 is 1.73 bits per heavy atom. The molecule has 0 aliphatic heterocycles. The summed E-state index contributed by atoms with van der Waals surface area (Å²) in [6.07, 6.45) is 7.60. The van der Waals surface area contributed by atoms with Crippen molar-refractivity contribution in [1.82, 2.24) is 15.2 Å². The molecule has 0 spiro atoms. The molecule has 3 aromatic carbocycles. The Balaban J connectivity index is 1.59. The monoisotopic (exact) mass is 565 g/mol. The largest absolute Gasteiger partial charge is 0.478 e. The molecule has 5 rings (SSSR count). The zero-order chi connectivity index (χ0) is 29.0. The van der Waals surface area contributed by atoms with Crippen molar-refractivity contribution in [3.63, 3.8) is 0 Å². The van der Waals surface area contributed by atoms with Gasteiger partial charge in [-0.05, 0) is 76.2 Å². The average Bonchev–Trinajstić information content (AvgIpc) is 3.43. The molecule has 0 fully saturated rings. The first kappa shape index (κ1) is 27.5. The maximum atomic E-state index is 11.8. The Hall–Kier alpha value is -5.02. The number of nitrogens with zero attached hydrogens (tertiary/aromatic N) is 2. The van der Waals surface area contributed by atoms with E-state index in [2.05, 4.69) is 34.2 Å². The number of benzene rings is 3. The van der Waals surface area contributed by atoms with Crippen molar-refractivity contribution in [2.45, 2.75) is 18.2 Å². The highest BCUT2D eigenvalue weighted by Gasteiger charge is 2.15. The van der Waals surface area contributed by atoms with Crippen LogP contribution in [0.4, 0.5) is 0 Å². The Bertz CT molecular complexity index is 1890. The van der Waals surface area contributed by atoms with E-state index in [0.29, 0.717) is 12.2 Å². The van der Waals surface area contributed by atoms with Gasteiger partial charge in [0.1, 0.15) is 5.75 Å². The summed E-state index contributed by atoms with van der Waals surface area (Å²) in [7, 11) is -3.36. The van der Waals surface area contributed by atoms with Gasteiger partial charge in [0.15, 0.2) is 9.84 Å². The van der Waals surface area contributed by atoms with Crippen molar-refractivity contribution in [3.05, 3.63) is 120 Å². The Kier molecular flexibility index (Phi) is 7.80. The highest BCUT2D eigenvalue weighted by Crippen LogP contribution is 2.37. The third-order valence-corrected chi connectivity index (χ3v) is 7.64. The van der Waals surface area contributed by atoms with E-state index >= 15 is 0 Å². The van der Waals surface area contributed by atoms with Gasteiger partial charge in [-0.15, -0.1) is 0 Å². The summed E-state index contributed by atoms with van der Waals surface area (Å²) in [6.45, 7) is 2.09. The highest BCUT2D eigenvalue weighted by atomic mass is 32.2. The van der Waals surface area contributed by atoms with E-state index in [1.54, 1.807) is 12.3 Å². The number of carbonyl (C=O) groups is 1. The van der Waals surface area contributed by atoms with E-state index in [4.69, 9.17) is 9.84 Å². The molecule has 0 radical (unpaired) electrons. The number of hydrogen-bond acceptors (Lipinski definition) is 6. The molecule has 0 saturated carbocycles. The number of pyridine rings is 1. The highest BCUT2D eigenvalue weighted by molar-refractivity contribution is 7.90. The maximum absolute atomic E-state index is 11.8. The maximum Gasteiger partial charge on any atom is 0.328 e. The summed E-state index contributed by atoms with van der Waals surface area (Å²) in [5.41, 5.74) is 6.75. The van der Waals surface area contributed by atoms with Gasteiger partial charge in [0.2, 0.25) is 5.88 Å². The van der Waals surface area contributed by atoms with E-state index < -0.39 is 15.8 Å². The van der Waals surface area contributed by atoms with Crippen LogP contribution in [0.2, 0.25) is 0 Å². The quantitative estimate of drug-likeness (QED) is 0.152. The smallest absolute Gasteiger partial charge is 0.328 e. The van der Waals surface area contributed by atoms with Crippen molar-refractivity contribution < 1.29 is 23.1 Å². The van der Waals surface area contributed by atoms with Crippen LogP contribution in [0.5, 0.6) is 11.6 Å². The van der Waals surface area contributed by atoms with Gasteiger partial charge in [0.25, 0.3) is 0 Å². The number of aromatic nitrogens is 3. The second-order valence-electron chi connectivity index (χ2n) is 9.41. The van der Waals surface area contributed by atoms with Crippen LogP contribution in [0.1, 0.15) is 35.6 Å². The number of carboxylic acid groups (broad SMARTS) is 1. The van der Waals surface area contributed by atoms with Gasteiger partial charge >= 0.3 is 5.97 Å². The van der Waals surface area contributed by atoms with E-state index in [0.717, 1.165) is 56.6 Å². The summed E-state index contributed by atoms with van der Waals surface area (Å²) in [5, 5.41) is 17.1. The predicted molar refractivity (Wildman–Crippen MR) is 159 cm³/mol. The molecule has 2 N–H and O–H groups in total. The van der Waals surface area contributed by atoms with Crippen LogP contribution in [-0.2, 0) is 14.6 Å². The molecule has 0 atom stereocenters. The number of ether oxygens (including phenoxy) is 1. The summed E-state index contributed by atoms with van der Waals surface area (Å²) in [4.78, 5) is 15.2. The lowest BCUT2D eigenvalue weighted by molar-refractivity contribution is -0.131. The number of carboxylic acids is 1. The Labute approximate surface area is 237 Å². The van der Waals surface area contributed by atoms with Crippen LogP contribution < -0.4 is 4.74 Å². The van der Waals surface area contributed by atoms with Crippen molar-refractivity contribution in [2.24, 2.45) is 0 Å². The van der Waals surface area contributed by atoms with Crippen LogP contribution in [0, 0.1) is 0 Å². The van der Waals surface area contributed by atoms with Gasteiger partial charge in [-0.25, -0.2) is 18.2 Å². The van der Waals surface area contributed by atoms with E-state index in [-0.39, 0.29) is 10.8 Å². The standard InChI is InChI=1S/C32H27N3O5S/c1-3-28(23-5-4-6-26(18-23)40-30-15-13-27(20-33-30)41(2,38)39)32(24-12-14-29-25(17-24)19-34-35-29)22-10-7-21(8-11-22)9-16-31(36)37/h4-20H,3H2,1-2H3,(H,34,35)(H,36,37). The van der Waals surface area contributed by atoms with Crippen LogP contribution in [0.15, 0.2) is 102 Å². The molecule has 0 aliphatic rings. The molecule has 0 bridgehead atoms. The third kappa shape index (κ3) is 6.42. The van der Waals surface area contributed by atoms with E-state index in [1.807, 2.05) is 54.6 Å². The molecule has 8 nitrogen and oxygen atoms in total. The van der Waals surface area contributed by atoms with Gasteiger partial charge in [-0.3, -0.25) is 5.10 Å². The van der Waals surface area contributed by atoms with Crippen molar-refractivity contribution in [1.29, 1.82) is 0 Å². The fourth-order valence-corrected chi connectivity index (χ4v) is 5.14. The minimum Gasteiger partial charge on any atom is -0.478 e. The SMILES string of the molecule is CCC(=C(c1ccc(C=CC(=O)O)cc1)c1ccc2[nH]ncc2c1)c1cccc(Oc2ccc(S(C)(=O)=O)cn2)c1. The zero-order valence-electron chi connectivity index (χ0n) is 22.4. The molecule has 0 unspecified atom stereocenters. The number of rotatable bonds is 9. The molecule has 0 aliphatic carbocycles. The van der Waals surface area contributed by atoms with Gasteiger partial charge in [-0.1, -0.05) is 49.4 Å². The fraction of sp³-hybridized carbons (Fsp3) is 0.0938. The normalized spacial score (nSPS) is 12.4. The van der Waals surface area contributed by atoms with Crippen LogP contribution >= 0.6 is 0 Å². The molecule has 9 heteroatoms. The number of hydrogen-bond donors (Lipinski definition) is 2. The van der Waals surface area contributed by atoms with Crippen LogP contribution in [0.3, 0.4) is 0 Å². The lowest BCUT2D eigenvalue weighted by Gasteiger charge is -2.17. The van der Waals surface area contributed by atoms with Gasteiger partial charge in [0, 0.05) is 30.0 Å². The van der Waals surface area contributed by atoms with Crippen LogP contribution in [-0.4, -0.2) is 40.9 Å². The Morgan fingerprint density at radius 1 is 0.951 bits per heavy atom. The summed E-state index contributed by atoms with van der Waals surface area (Å²) >= 11 is 0. The van der Waals surface area contributed by atoms with Crippen molar-refractivity contribution in [3.8, 4) is 11.6 Å². The van der Waals surface area contributed by atoms with Crippen molar-refractivity contribution in [2.75, 3.05) is 6.26 Å². The molecule has 206 valence electrons. The Morgan fingerprint density at radius 3 is 2.41 bits per heavy atom. The van der Waals surface area contributed by atoms with Crippen LogP contribution in [0.25, 0.3) is 28.1 Å². The first-order chi connectivity index (χ1) is 19.7. The molecular weight excluding hydrogens is 538 g/mol. The fourth-order valence-electron chi connectivity index (χ4n) is 4.58. The number of fused-ring (bicyclic) bond motifs is 1. The molecule has 2 aromatic heterocycles. The van der Waals surface area contributed by atoms with Crippen molar-refractivity contribution >= 4 is 43.9 Å². The molecule has 2 heterocycles. The first-order valence-corrected chi connectivity index (χ1v) is 14.7. The third-order valence-electron chi connectivity index (χ3n) is 6.54. The second-order valence-corrected chi connectivity index (χ2v) is 11.4. The topological polar surface area (TPSA) is 122 Å². The molecule has 5 aromatic rings. The number of aliphatic carboxylic acids is 1. The number of sulfone groups is 1. The summed E-state index contributed by atoms with van der Waals surface area (Å²) in [6, 6.07) is 24.6. The number of H-pyrrole nitrogens is 1. The zero-order valence-corrected chi connectivity index (χ0v) is 23.2. The number of allylic oxidation sites excluding steroid dienone is 1. The molecule has 0 amide bonds. The molecular formula is C32H27N3O5S. The number of aromatic amines is 1. The minimum atomic E-state index is -3.36. The average molecular weight is 566 g/mol. The summed E-state index contributed by atoms with van der Waals surface area (Å²) < 4.78 is 29.5. The number of nitrogens with one attached hydrogen (secondary N) is 1.